The summed E-state index contributed by atoms with van der Waals surface area (Å²) in [6.45, 7) is 0. The first kappa shape index (κ1) is 42.8. The highest BCUT2D eigenvalue weighted by Crippen LogP contribution is 2.67. The van der Waals surface area contributed by atoms with E-state index in [9.17, 15) is 111 Å². The predicted molar refractivity (Wildman–Crippen MR) is 95.9 cm³/mol. The van der Waals surface area contributed by atoms with Gasteiger partial charge in [0.25, 0.3) is 0 Å². The largest absolute Gasteiger partial charge is 0.479 e. The lowest BCUT2D eigenvalue weighted by molar-refractivity contribution is -0.478. The molecule has 0 aliphatic carbocycles. The standard InChI is InChI=1S/C17H9F23O4S/c18-7(19,2-1-5(42)45-3-4(41)6(43)44)8(20,21)9(22,23)10(24,25)11(26,27)12(28,29)13(30,31)14(32,33)15(34,35)16(36,37)17(38,39)40/h4,41H,1-3H2,(H,43,44). The number of carbonyl (C=O) groups excluding carboxylic acids is 1. The minimum absolute atomic E-state index is 0.547. The molecule has 0 heterocycles. The number of aliphatic carboxylic acids is 1. The molecular formula is C17H9F23O4S. The fraction of sp³-hybridized carbons (Fsp3) is 0.882. The summed E-state index contributed by atoms with van der Waals surface area (Å²) in [6, 6.07) is 0. The molecule has 0 rings (SSSR count). The highest BCUT2D eigenvalue weighted by atomic mass is 32.2. The Labute approximate surface area is 234 Å². The van der Waals surface area contributed by atoms with Crippen LogP contribution in [-0.2, 0) is 9.59 Å². The molecule has 0 saturated carbocycles. The van der Waals surface area contributed by atoms with E-state index in [1.807, 2.05) is 0 Å². The smallest absolute Gasteiger partial charge is 0.460 e. The average Bonchev–Trinajstić information content (AvgIpc) is 2.83. The third kappa shape index (κ3) is 6.28. The fourth-order valence-corrected chi connectivity index (χ4v) is 3.25. The van der Waals surface area contributed by atoms with Crippen LogP contribution < -0.4 is 0 Å². The molecular weight excluding hydrogens is 737 g/mol. The van der Waals surface area contributed by atoms with Crippen LogP contribution >= 0.6 is 11.8 Å². The van der Waals surface area contributed by atoms with Crippen LogP contribution in [0.25, 0.3) is 0 Å². The van der Waals surface area contributed by atoms with Gasteiger partial charge in [-0.3, -0.25) is 4.79 Å². The maximum atomic E-state index is 13.8. The SMILES string of the molecule is O=C(CCC(F)(F)C(F)(F)C(F)(F)C(F)(F)C(F)(F)C(F)(F)C(F)(F)C(F)(F)C(F)(F)C(F)(F)C(F)(F)F)SCC(O)C(=O)O. The number of hydrogen-bond acceptors (Lipinski definition) is 4. The Morgan fingerprint density at radius 2 is 0.756 bits per heavy atom. The second-order valence-electron chi connectivity index (χ2n) is 8.41. The van der Waals surface area contributed by atoms with E-state index in [-0.39, 0.29) is 0 Å². The first-order chi connectivity index (χ1) is 19.2. The molecule has 0 aliphatic rings. The van der Waals surface area contributed by atoms with E-state index in [0.717, 1.165) is 0 Å². The molecule has 0 aromatic rings. The minimum atomic E-state index is -9.50. The molecule has 0 fully saturated rings. The van der Waals surface area contributed by atoms with Gasteiger partial charge in [0.15, 0.2) is 11.2 Å². The molecule has 0 aromatic carbocycles. The summed E-state index contributed by atoms with van der Waals surface area (Å²) in [6.07, 6.45) is -16.1. The van der Waals surface area contributed by atoms with Gasteiger partial charge in [0.1, 0.15) is 0 Å². The van der Waals surface area contributed by atoms with Crippen molar-refractivity contribution in [1.82, 2.24) is 0 Å². The fourth-order valence-electron chi connectivity index (χ4n) is 2.52. The van der Waals surface area contributed by atoms with Gasteiger partial charge in [0.05, 0.1) is 0 Å². The molecule has 45 heavy (non-hydrogen) atoms. The molecule has 0 aliphatic heterocycles. The highest BCUT2D eigenvalue weighted by molar-refractivity contribution is 8.13. The number of halogens is 23. The van der Waals surface area contributed by atoms with Gasteiger partial charge in [0.2, 0.25) is 0 Å². The van der Waals surface area contributed by atoms with Crippen LogP contribution in [0.15, 0.2) is 0 Å². The van der Waals surface area contributed by atoms with Crippen molar-refractivity contribution in [3.05, 3.63) is 0 Å². The number of carboxylic acids is 1. The monoisotopic (exact) mass is 746 g/mol. The van der Waals surface area contributed by atoms with E-state index in [1.54, 1.807) is 0 Å². The number of aliphatic hydroxyl groups is 1. The van der Waals surface area contributed by atoms with Crippen molar-refractivity contribution in [2.24, 2.45) is 0 Å². The quantitative estimate of drug-likeness (QED) is 0.171. The molecule has 1 unspecified atom stereocenters. The summed E-state index contributed by atoms with van der Waals surface area (Å²) in [7, 11) is 0. The lowest BCUT2D eigenvalue weighted by atomic mass is 9.85. The molecule has 4 nitrogen and oxygen atoms in total. The highest BCUT2D eigenvalue weighted by Gasteiger charge is 2.98. The van der Waals surface area contributed by atoms with Crippen molar-refractivity contribution in [3.63, 3.8) is 0 Å². The molecule has 0 bridgehead atoms. The van der Waals surface area contributed by atoms with Crippen LogP contribution in [-0.4, -0.2) is 98.6 Å². The zero-order chi connectivity index (χ0) is 37.1. The molecule has 2 N–H and O–H groups in total. The van der Waals surface area contributed by atoms with Crippen LogP contribution in [0.4, 0.5) is 101 Å². The molecule has 0 amide bonds. The Morgan fingerprint density at radius 3 is 1.02 bits per heavy atom. The first-order valence-electron chi connectivity index (χ1n) is 10.1. The third-order valence-electron chi connectivity index (χ3n) is 5.30. The normalized spacial score (nSPS) is 16.5. The topological polar surface area (TPSA) is 74.6 Å². The summed E-state index contributed by atoms with van der Waals surface area (Å²) >= 11 is -0.547. The molecule has 268 valence electrons. The van der Waals surface area contributed by atoms with Crippen LogP contribution in [0.2, 0.25) is 0 Å². The van der Waals surface area contributed by atoms with Gasteiger partial charge in [-0.15, -0.1) is 0 Å². The second kappa shape index (κ2) is 11.8. The van der Waals surface area contributed by atoms with Gasteiger partial charge in [0, 0.05) is 18.6 Å². The third-order valence-corrected chi connectivity index (χ3v) is 6.31. The number of hydrogen-bond donors (Lipinski definition) is 2. The number of carbonyl (C=O) groups is 2. The summed E-state index contributed by atoms with van der Waals surface area (Å²) < 4.78 is 307. The van der Waals surface area contributed by atoms with Crippen molar-refractivity contribution in [2.45, 2.75) is 84.3 Å². The maximum Gasteiger partial charge on any atom is 0.460 e. The molecule has 0 spiro atoms. The van der Waals surface area contributed by atoms with Crippen molar-refractivity contribution in [1.29, 1.82) is 0 Å². The molecule has 28 heteroatoms. The summed E-state index contributed by atoms with van der Waals surface area (Å²) in [5, 5.41) is 15.1. The number of aliphatic hydroxyl groups excluding tert-OH is 1. The molecule has 0 saturated heterocycles. The van der Waals surface area contributed by atoms with Crippen molar-refractivity contribution in [3.8, 4) is 0 Å². The molecule has 0 aromatic heterocycles. The average molecular weight is 746 g/mol. The van der Waals surface area contributed by atoms with Crippen molar-refractivity contribution >= 4 is 22.8 Å². The second-order valence-corrected chi connectivity index (χ2v) is 9.49. The van der Waals surface area contributed by atoms with E-state index in [4.69, 9.17) is 10.2 Å². The van der Waals surface area contributed by atoms with Crippen LogP contribution in [0.5, 0.6) is 0 Å². The Balaban J connectivity index is 6.77. The van der Waals surface area contributed by atoms with Crippen LogP contribution in [0.3, 0.4) is 0 Å². The van der Waals surface area contributed by atoms with Gasteiger partial charge >= 0.3 is 71.4 Å². The van der Waals surface area contributed by atoms with Crippen molar-refractivity contribution in [2.75, 3.05) is 5.75 Å². The van der Waals surface area contributed by atoms with Gasteiger partial charge in [-0.2, -0.15) is 101 Å². The number of thioether (sulfide) groups is 1. The summed E-state index contributed by atoms with van der Waals surface area (Å²) in [4.78, 5) is 21.6. The lowest BCUT2D eigenvalue weighted by Gasteiger charge is -2.45. The van der Waals surface area contributed by atoms with E-state index in [0.29, 0.717) is 0 Å². The van der Waals surface area contributed by atoms with E-state index >= 15 is 0 Å². The van der Waals surface area contributed by atoms with Gasteiger partial charge in [-0.1, -0.05) is 11.8 Å². The van der Waals surface area contributed by atoms with Gasteiger partial charge in [-0.25, -0.2) is 4.79 Å². The number of alkyl halides is 23. The summed E-state index contributed by atoms with van der Waals surface area (Å²) in [5.74, 6) is -92.2. The zero-order valence-electron chi connectivity index (χ0n) is 20.0. The Hall–Kier alpha value is -2.16. The molecule has 1 atom stereocenters. The first-order valence-corrected chi connectivity index (χ1v) is 11.1. The van der Waals surface area contributed by atoms with Gasteiger partial charge < -0.3 is 10.2 Å². The van der Waals surface area contributed by atoms with Gasteiger partial charge in [-0.05, 0) is 0 Å². The number of rotatable bonds is 15. The van der Waals surface area contributed by atoms with E-state index in [2.05, 4.69) is 0 Å². The Kier molecular flexibility index (Phi) is 11.3. The minimum Gasteiger partial charge on any atom is -0.479 e. The van der Waals surface area contributed by atoms with E-state index < -0.39 is 113 Å². The van der Waals surface area contributed by atoms with Crippen molar-refractivity contribution < 1.29 is 121 Å². The predicted octanol–water partition coefficient (Wildman–Crippen LogP) is 7.39. The maximum absolute atomic E-state index is 13.8. The zero-order valence-corrected chi connectivity index (χ0v) is 20.8. The lowest BCUT2D eigenvalue weighted by Crippen LogP contribution is -2.77. The Bertz CT molecular complexity index is 1100. The van der Waals surface area contributed by atoms with Crippen LogP contribution in [0.1, 0.15) is 12.8 Å². The van der Waals surface area contributed by atoms with Crippen LogP contribution in [0, 0.1) is 0 Å². The molecule has 0 radical (unpaired) electrons. The summed E-state index contributed by atoms with van der Waals surface area (Å²) in [5.41, 5.74) is 0. The Morgan fingerprint density at radius 1 is 0.489 bits per heavy atom. The number of carboxylic acid groups (broad SMARTS) is 1. The van der Waals surface area contributed by atoms with E-state index in [1.165, 1.54) is 0 Å².